The van der Waals surface area contributed by atoms with Gasteiger partial charge in [-0.2, -0.15) is 0 Å². The number of nitrogens with one attached hydrogen (secondary N) is 2. The zero-order valence-corrected chi connectivity index (χ0v) is 13.8. The summed E-state index contributed by atoms with van der Waals surface area (Å²) in [4.78, 5) is 2.59. The van der Waals surface area contributed by atoms with Crippen LogP contribution in [0.3, 0.4) is 0 Å². The van der Waals surface area contributed by atoms with Crippen molar-refractivity contribution in [3.05, 3.63) is 35.9 Å². The molecule has 0 unspecified atom stereocenters. The predicted octanol–water partition coefficient (Wildman–Crippen LogP) is 2.66. The molecule has 0 radical (unpaired) electrons. The maximum atomic E-state index is 3.67. The quantitative estimate of drug-likeness (QED) is 0.808. The number of likely N-dealkylation sites (N-methyl/N-ethyl adjacent to an activating group) is 1. The normalized spacial score (nSPS) is 19.0. The number of piperidine rings is 1. The van der Waals surface area contributed by atoms with Crippen molar-refractivity contribution in [2.24, 2.45) is 5.92 Å². The number of nitrogens with zero attached hydrogens (tertiary/aromatic N) is 1. The smallest absolute Gasteiger partial charge is 0.0444 e. The molecular formula is C18H31N3. The van der Waals surface area contributed by atoms with E-state index >= 15 is 0 Å². The standard InChI is InChI=1S/C18H31N3/c1-15(2)21-11-9-16(10-12-21)13-20-14-18(19-3)17-7-5-4-6-8-17/h4-8,15-16,18-20H,9-14H2,1-3H3/t18-/m0/s1. The SMILES string of the molecule is CN[C@@H](CNCC1CCN(C(C)C)CC1)c1ccccc1. The molecule has 0 spiro atoms. The van der Waals surface area contributed by atoms with Gasteiger partial charge in [0, 0.05) is 18.6 Å². The highest BCUT2D eigenvalue weighted by molar-refractivity contribution is 5.19. The van der Waals surface area contributed by atoms with E-state index in [4.69, 9.17) is 0 Å². The van der Waals surface area contributed by atoms with Gasteiger partial charge in [0.25, 0.3) is 0 Å². The minimum Gasteiger partial charge on any atom is -0.315 e. The first-order valence-corrected chi connectivity index (χ1v) is 8.37. The minimum atomic E-state index is 0.405. The van der Waals surface area contributed by atoms with Crippen molar-refractivity contribution in [2.45, 2.75) is 38.8 Å². The summed E-state index contributed by atoms with van der Waals surface area (Å²) < 4.78 is 0. The molecule has 118 valence electrons. The van der Waals surface area contributed by atoms with Crippen LogP contribution in [0.25, 0.3) is 0 Å². The van der Waals surface area contributed by atoms with Crippen LogP contribution in [0.1, 0.15) is 38.3 Å². The molecule has 0 aliphatic carbocycles. The van der Waals surface area contributed by atoms with Crippen molar-refractivity contribution >= 4 is 0 Å². The third-order valence-electron chi connectivity index (χ3n) is 4.71. The molecule has 1 aliphatic heterocycles. The molecular weight excluding hydrogens is 258 g/mol. The zero-order valence-electron chi connectivity index (χ0n) is 13.8. The van der Waals surface area contributed by atoms with Crippen LogP contribution in [0, 0.1) is 5.92 Å². The maximum Gasteiger partial charge on any atom is 0.0444 e. The third-order valence-corrected chi connectivity index (χ3v) is 4.71. The van der Waals surface area contributed by atoms with Crippen LogP contribution in [0.2, 0.25) is 0 Å². The third kappa shape index (κ3) is 5.10. The molecule has 1 aliphatic rings. The summed E-state index contributed by atoms with van der Waals surface area (Å²) in [6.45, 7) is 9.28. The predicted molar refractivity (Wildman–Crippen MR) is 90.5 cm³/mol. The molecule has 3 nitrogen and oxygen atoms in total. The lowest BCUT2D eigenvalue weighted by Crippen LogP contribution is -2.41. The second kappa shape index (κ2) is 8.52. The summed E-state index contributed by atoms with van der Waals surface area (Å²) in [6.07, 6.45) is 2.67. The number of hydrogen-bond donors (Lipinski definition) is 2. The fraction of sp³-hybridized carbons (Fsp3) is 0.667. The molecule has 1 aromatic carbocycles. The maximum absolute atomic E-state index is 3.67. The molecule has 2 N–H and O–H groups in total. The topological polar surface area (TPSA) is 27.3 Å². The molecule has 1 aromatic rings. The van der Waals surface area contributed by atoms with Crippen LogP contribution in [-0.2, 0) is 0 Å². The molecule has 1 heterocycles. The largest absolute Gasteiger partial charge is 0.315 e. The van der Waals surface area contributed by atoms with E-state index in [0.29, 0.717) is 12.1 Å². The number of likely N-dealkylation sites (tertiary alicyclic amines) is 1. The van der Waals surface area contributed by atoms with E-state index in [0.717, 1.165) is 19.0 Å². The lowest BCUT2D eigenvalue weighted by molar-refractivity contribution is 0.148. The molecule has 2 rings (SSSR count). The number of hydrogen-bond acceptors (Lipinski definition) is 3. The van der Waals surface area contributed by atoms with Crippen molar-refractivity contribution in [1.29, 1.82) is 0 Å². The van der Waals surface area contributed by atoms with Gasteiger partial charge >= 0.3 is 0 Å². The lowest BCUT2D eigenvalue weighted by atomic mass is 9.96. The number of benzene rings is 1. The highest BCUT2D eigenvalue weighted by Crippen LogP contribution is 2.18. The summed E-state index contributed by atoms with van der Waals surface area (Å²) in [5, 5.41) is 7.07. The van der Waals surface area contributed by atoms with E-state index < -0.39 is 0 Å². The average Bonchev–Trinajstić information content (AvgIpc) is 2.53. The van der Waals surface area contributed by atoms with E-state index in [1.165, 1.54) is 31.5 Å². The Bertz CT molecular complexity index is 383. The average molecular weight is 289 g/mol. The summed E-state index contributed by atoms with van der Waals surface area (Å²) >= 11 is 0. The molecule has 1 saturated heterocycles. The minimum absolute atomic E-state index is 0.405. The molecule has 0 bridgehead atoms. The molecule has 0 amide bonds. The Morgan fingerprint density at radius 3 is 2.38 bits per heavy atom. The van der Waals surface area contributed by atoms with Crippen molar-refractivity contribution < 1.29 is 0 Å². The molecule has 1 fully saturated rings. The zero-order chi connectivity index (χ0) is 15.1. The van der Waals surface area contributed by atoms with Gasteiger partial charge in [0.15, 0.2) is 0 Å². The van der Waals surface area contributed by atoms with Crippen molar-refractivity contribution in [2.75, 3.05) is 33.2 Å². The Morgan fingerprint density at radius 2 is 1.81 bits per heavy atom. The van der Waals surface area contributed by atoms with Crippen LogP contribution in [0.5, 0.6) is 0 Å². The first-order valence-electron chi connectivity index (χ1n) is 8.37. The summed E-state index contributed by atoms with van der Waals surface area (Å²) in [7, 11) is 2.04. The summed E-state index contributed by atoms with van der Waals surface area (Å²) in [5.41, 5.74) is 1.36. The summed E-state index contributed by atoms with van der Waals surface area (Å²) in [6, 6.07) is 11.8. The monoisotopic (exact) mass is 289 g/mol. The molecule has 1 atom stereocenters. The second-order valence-corrected chi connectivity index (χ2v) is 6.48. The van der Waals surface area contributed by atoms with Crippen LogP contribution in [0.4, 0.5) is 0 Å². The fourth-order valence-electron chi connectivity index (χ4n) is 3.18. The van der Waals surface area contributed by atoms with E-state index in [9.17, 15) is 0 Å². The Kier molecular flexibility index (Phi) is 6.68. The highest BCUT2D eigenvalue weighted by atomic mass is 15.1. The van der Waals surface area contributed by atoms with Crippen LogP contribution in [-0.4, -0.2) is 44.2 Å². The van der Waals surface area contributed by atoms with Gasteiger partial charge in [0.1, 0.15) is 0 Å². The van der Waals surface area contributed by atoms with E-state index in [1.807, 2.05) is 7.05 Å². The van der Waals surface area contributed by atoms with Gasteiger partial charge in [0.2, 0.25) is 0 Å². The van der Waals surface area contributed by atoms with E-state index in [-0.39, 0.29) is 0 Å². The van der Waals surface area contributed by atoms with Gasteiger partial charge in [-0.05, 0) is 64.9 Å². The van der Waals surface area contributed by atoms with Gasteiger partial charge in [-0.1, -0.05) is 30.3 Å². The van der Waals surface area contributed by atoms with Crippen molar-refractivity contribution in [3.63, 3.8) is 0 Å². The summed E-state index contributed by atoms with van der Waals surface area (Å²) in [5.74, 6) is 0.841. The Balaban J connectivity index is 1.69. The molecule has 21 heavy (non-hydrogen) atoms. The molecule has 3 heteroatoms. The van der Waals surface area contributed by atoms with Gasteiger partial charge in [0.05, 0.1) is 0 Å². The van der Waals surface area contributed by atoms with Gasteiger partial charge < -0.3 is 15.5 Å². The first kappa shape index (κ1) is 16.5. The second-order valence-electron chi connectivity index (χ2n) is 6.48. The Hall–Kier alpha value is -0.900. The van der Waals surface area contributed by atoms with Crippen LogP contribution >= 0.6 is 0 Å². The lowest BCUT2D eigenvalue weighted by Gasteiger charge is -2.34. The molecule has 0 saturated carbocycles. The number of rotatable bonds is 7. The van der Waals surface area contributed by atoms with Crippen LogP contribution in [0.15, 0.2) is 30.3 Å². The van der Waals surface area contributed by atoms with Gasteiger partial charge in [-0.25, -0.2) is 0 Å². The van der Waals surface area contributed by atoms with Crippen molar-refractivity contribution in [3.8, 4) is 0 Å². The Morgan fingerprint density at radius 1 is 1.14 bits per heavy atom. The van der Waals surface area contributed by atoms with Crippen molar-refractivity contribution in [1.82, 2.24) is 15.5 Å². The van der Waals surface area contributed by atoms with E-state index in [1.54, 1.807) is 0 Å². The van der Waals surface area contributed by atoms with Gasteiger partial charge in [-0.15, -0.1) is 0 Å². The van der Waals surface area contributed by atoms with E-state index in [2.05, 4.69) is 59.7 Å². The first-order chi connectivity index (χ1) is 10.2. The Labute approximate surface area is 130 Å². The fourth-order valence-corrected chi connectivity index (χ4v) is 3.18. The van der Waals surface area contributed by atoms with Crippen LogP contribution < -0.4 is 10.6 Å². The molecule has 0 aromatic heterocycles. The van der Waals surface area contributed by atoms with Gasteiger partial charge in [-0.3, -0.25) is 0 Å². The highest BCUT2D eigenvalue weighted by Gasteiger charge is 2.20.